The zero-order chi connectivity index (χ0) is 24.3. The van der Waals surface area contributed by atoms with Crippen LogP contribution in [0.1, 0.15) is 22.8 Å². The molecule has 10 heteroatoms. The molecule has 3 rings (SSSR count). The third-order valence-corrected chi connectivity index (χ3v) is 6.05. The molecule has 1 heterocycles. The minimum absolute atomic E-state index is 0.106. The summed E-state index contributed by atoms with van der Waals surface area (Å²) in [6.07, 6.45) is 1.04. The molecule has 2 aromatic carbocycles. The van der Waals surface area contributed by atoms with Crippen molar-refractivity contribution in [1.82, 2.24) is 0 Å². The van der Waals surface area contributed by atoms with Crippen molar-refractivity contribution in [2.24, 2.45) is 0 Å². The molecule has 33 heavy (non-hydrogen) atoms. The van der Waals surface area contributed by atoms with E-state index in [1.165, 1.54) is 42.5 Å². The monoisotopic (exact) mass is 477 g/mol. The number of hydrogen-bond donors (Lipinski definition) is 2. The number of halogens is 1. The van der Waals surface area contributed by atoms with E-state index >= 15 is 0 Å². The Bertz CT molecular complexity index is 1280. The Morgan fingerprint density at radius 2 is 1.97 bits per heavy atom. The molecule has 1 aromatic heterocycles. The van der Waals surface area contributed by atoms with Gasteiger partial charge < -0.3 is 19.4 Å². The van der Waals surface area contributed by atoms with Gasteiger partial charge in [-0.1, -0.05) is 12.7 Å². The Balaban J connectivity index is 2.31. The number of hydrogen-bond acceptors (Lipinski definition) is 7. The van der Waals surface area contributed by atoms with Crippen molar-refractivity contribution in [3.63, 3.8) is 0 Å². The highest BCUT2D eigenvalue weighted by Crippen LogP contribution is 2.38. The van der Waals surface area contributed by atoms with Gasteiger partial charge in [0.05, 0.1) is 37.8 Å². The van der Waals surface area contributed by atoms with Gasteiger partial charge in [0.2, 0.25) is 10.0 Å². The summed E-state index contributed by atoms with van der Waals surface area (Å²) in [7, 11) is -3.87. The van der Waals surface area contributed by atoms with E-state index in [0.29, 0.717) is 16.5 Å². The molecule has 1 atom stereocenters. The van der Waals surface area contributed by atoms with Gasteiger partial charge >= 0.3 is 5.97 Å². The first-order valence-corrected chi connectivity index (χ1v) is 11.9. The number of esters is 1. The van der Waals surface area contributed by atoms with E-state index in [9.17, 15) is 27.8 Å². The van der Waals surface area contributed by atoms with E-state index in [1.807, 2.05) is 0 Å². The van der Waals surface area contributed by atoms with Gasteiger partial charge in [-0.2, -0.15) is 0 Å². The minimum atomic E-state index is -3.87. The molecule has 0 saturated heterocycles. The van der Waals surface area contributed by atoms with Crippen molar-refractivity contribution >= 4 is 38.7 Å². The smallest absolute Gasteiger partial charge is 0.342 e. The summed E-state index contributed by atoms with van der Waals surface area (Å²) in [5.74, 6) is -0.985. The molecule has 3 aromatic rings. The number of aliphatic hydroxyl groups is 2. The third-order valence-electron chi connectivity index (χ3n) is 4.90. The summed E-state index contributed by atoms with van der Waals surface area (Å²) in [5.41, 5.74) is 1.19. The van der Waals surface area contributed by atoms with E-state index in [0.717, 1.165) is 10.6 Å². The van der Waals surface area contributed by atoms with Gasteiger partial charge in [-0.25, -0.2) is 17.6 Å². The van der Waals surface area contributed by atoms with Crippen molar-refractivity contribution in [2.75, 3.05) is 30.3 Å². The molecule has 0 bridgehead atoms. The van der Waals surface area contributed by atoms with Crippen LogP contribution in [-0.2, 0) is 14.8 Å². The van der Waals surface area contributed by atoms with Gasteiger partial charge in [0.1, 0.15) is 22.7 Å². The lowest BCUT2D eigenvalue weighted by atomic mass is 10.0. The summed E-state index contributed by atoms with van der Waals surface area (Å²) in [5, 5.41) is 19.4. The molecular weight excluding hydrogens is 453 g/mol. The van der Waals surface area contributed by atoms with E-state index < -0.39 is 41.1 Å². The Morgan fingerprint density at radius 3 is 2.52 bits per heavy atom. The lowest BCUT2D eigenvalue weighted by Crippen LogP contribution is -2.38. The number of furan rings is 1. The highest BCUT2D eigenvalue weighted by Gasteiger charge is 2.28. The Kier molecular flexibility index (Phi) is 7.21. The number of anilines is 1. The fourth-order valence-corrected chi connectivity index (χ4v) is 4.36. The Hall–Kier alpha value is -3.21. The largest absolute Gasteiger partial charge is 0.462 e. The van der Waals surface area contributed by atoms with E-state index in [-0.39, 0.29) is 29.2 Å². The molecule has 0 aliphatic rings. The van der Waals surface area contributed by atoms with Crippen molar-refractivity contribution in [3.05, 3.63) is 59.9 Å². The first-order valence-electron chi connectivity index (χ1n) is 10.0. The van der Waals surface area contributed by atoms with Crippen LogP contribution in [0.15, 0.2) is 47.4 Å². The van der Waals surface area contributed by atoms with Crippen LogP contribution in [-0.4, -0.2) is 56.7 Å². The number of aliphatic hydroxyl groups excluding tert-OH is 2. The molecule has 2 N–H and O–H groups in total. The first kappa shape index (κ1) is 24.4. The first-order chi connectivity index (χ1) is 15.6. The lowest BCUT2D eigenvalue weighted by molar-refractivity contribution is 0.0528. The highest BCUT2D eigenvalue weighted by molar-refractivity contribution is 7.92. The number of benzene rings is 2. The van der Waals surface area contributed by atoms with Crippen molar-refractivity contribution < 1.29 is 37.0 Å². The highest BCUT2D eigenvalue weighted by atomic mass is 32.2. The number of rotatable bonds is 9. The maximum absolute atomic E-state index is 13.4. The summed E-state index contributed by atoms with van der Waals surface area (Å²) in [6, 6.07) is 8.29. The van der Waals surface area contributed by atoms with Crippen LogP contribution in [0.2, 0.25) is 0 Å². The minimum Gasteiger partial charge on any atom is -0.462 e. The maximum Gasteiger partial charge on any atom is 0.342 e. The second kappa shape index (κ2) is 9.74. The fourth-order valence-electron chi connectivity index (χ4n) is 3.40. The van der Waals surface area contributed by atoms with Crippen LogP contribution in [0.4, 0.5) is 10.1 Å². The molecule has 0 aliphatic heterocycles. The Labute approximate surface area is 190 Å². The maximum atomic E-state index is 13.4. The quantitative estimate of drug-likeness (QED) is 0.455. The van der Waals surface area contributed by atoms with Crippen molar-refractivity contribution in [1.29, 1.82) is 0 Å². The van der Waals surface area contributed by atoms with E-state index in [2.05, 4.69) is 6.58 Å². The van der Waals surface area contributed by atoms with Gasteiger partial charge in [-0.05, 0) is 42.8 Å². The molecule has 8 nitrogen and oxygen atoms in total. The van der Waals surface area contributed by atoms with E-state index in [1.54, 1.807) is 6.92 Å². The lowest BCUT2D eigenvalue weighted by Gasteiger charge is -2.26. The zero-order valence-electron chi connectivity index (χ0n) is 18.1. The molecule has 0 saturated carbocycles. The molecule has 0 aliphatic carbocycles. The van der Waals surface area contributed by atoms with Crippen LogP contribution in [0.3, 0.4) is 0 Å². The molecule has 0 unspecified atom stereocenters. The molecule has 0 fully saturated rings. The van der Waals surface area contributed by atoms with Crippen molar-refractivity contribution in [3.8, 4) is 11.3 Å². The number of sulfonamides is 1. The summed E-state index contributed by atoms with van der Waals surface area (Å²) in [6.45, 7) is 4.45. The number of fused-ring (bicyclic) bond motifs is 1. The predicted molar refractivity (Wildman–Crippen MR) is 123 cm³/mol. The van der Waals surface area contributed by atoms with Gasteiger partial charge in [-0.3, -0.25) is 4.31 Å². The van der Waals surface area contributed by atoms with Gasteiger partial charge in [0.15, 0.2) is 0 Å². The topological polar surface area (TPSA) is 117 Å². The van der Waals surface area contributed by atoms with Gasteiger partial charge in [0.25, 0.3) is 0 Å². The molecule has 0 spiro atoms. The molecule has 0 amide bonds. The van der Waals surface area contributed by atoms with Gasteiger partial charge in [-0.15, -0.1) is 0 Å². The van der Waals surface area contributed by atoms with E-state index in [4.69, 9.17) is 9.15 Å². The summed E-state index contributed by atoms with van der Waals surface area (Å²) in [4.78, 5) is 12.8. The number of nitrogens with zero attached hydrogens (tertiary/aromatic N) is 1. The molecular formula is C23H24FNO7S. The van der Waals surface area contributed by atoms with Crippen molar-refractivity contribution in [2.45, 2.75) is 13.0 Å². The normalized spacial score (nSPS) is 12.5. The van der Waals surface area contributed by atoms with Gasteiger partial charge in [0, 0.05) is 17.0 Å². The SMILES string of the molecule is C=Cc1cc2c(C(=O)OCC)c(-c3ccc(F)cc3)oc2cc1N(C[C@H](O)CO)S(C)(=O)=O. The van der Waals surface area contributed by atoms with Crippen LogP contribution >= 0.6 is 0 Å². The second-order valence-corrected chi connectivity index (χ2v) is 9.18. The average molecular weight is 478 g/mol. The number of carbonyl (C=O) groups is 1. The zero-order valence-corrected chi connectivity index (χ0v) is 18.9. The van der Waals surface area contributed by atoms with Crippen LogP contribution < -0.4 is 4.31 Å². The average Bonchev–Trinajstić information content (AvgIpc) is 3.14. The Morgan fingerprint density at radius 1 is 1.30 bits per heavy atom. The standard InChI is InChI=1S/C23H24FNO7S/c1-4-14-10-18-20(11-19(14)25(33(3,29)30)12-17(27)13-26)32-22(21(18)23(28)31-5-2)15-6-8-16(24)9-7-15/h4,6-11,17,26-27H,1,5,12-13H2,2-3H3/t17-/m0/s1. The second-order valence-electron chi connectivity index (χ2n) is 7.28. The number of ether oxygens (including phenoxy) is 1. The number of carbonyl (C=O) groups excluding carboxylic acids is 1. The third kappa shape index (κ3) is 5.08. The summed E-state index contributed by atoms with van der Waals surface area (Å²) >= 11 is 0. The van der Waals surface area contributed by atoms with Crippen LogP contribution in [0.5, 0.6) is 0 Å². The summed E-state index contributed by atoms with van der Waals surface area (Å²) < 4.78 is 50.4. The molecule has 0 radical (unpaired) electrons. The predicted octanol–water partition coefficient (Wildman–Crippen LogP) is 3.18. The molecule has 176 valence electrons. The van der Waals surface area contributed by atoms with Crippen LogP contribution in [0, 0.1) is 5.82 Å². The fraction of sp³-hybridized carbons (Fsp3) is 0.261. The van der Waals surface area contributed by atoms with Crippen LogP contribution in [0.25, 0.3) is 28.4 Å².